The van der Waals surface area contributed by atoms with Crippen molar-refractivity contribution in [3.63, 3.8) is 0 Å². The van der Waals surface area contributed by atoms with E-state index in [1.54, 1.807) is 18.2 Å². The number of morpholine rings is 1. The van der Waals surface area contributed by atoms with E-state index in [2.05, 4.69) is 0 Å². The summed E-state index contributed by atoms with van der Waals surface area (Å²) in [7, 11) is 0. The first kappa shape index (κ1) is 20.0. The number of imide groups is 1. The Hall–Kier alpha value is -2.34. The molecule has 1 fully saturated rings. The highest BCUT2D eigenvalue weighted by molar-refractivity contribution is 6.49. The van der Waals surface area contributed by atoms with Gasteiger partial charge in [-0.05, 0) is 37.1 Å². The molecule has 7 heteroatoms. The molecule has 0 bridgehead atoms. The van der Waals surface area contributed by atoms with Crippen LogP contribution in [0.3, 0.4) is 0 Å². The number of amides is 2. The molecule has 0 radical (unpaired) electrons. The number of carbonyl (C=O) groups excluding carboxylic acids is 2. The maximum absolute atomic E-state index is 13.6. The molecule has 5 nitrogen and oxygen atoms in total. The van der Waals surface area contributed by atoms with Gasteiger partial charge >= 0.3 is 0 Å². The summed E-state index contributed by atoms with van der Waals surface area (Å²) >= 11 is 12.5. The summed E-state index contributed by atoms with van der Waals surface area (Å²) < 4.78 is 5.44. The van der Waals surface area contributed by atoms with E-state index in [-0.39, 0.29) is 10.0 Å². The van der Waals surface area contributed by atoms with Gasteiger partial charge in [0.25, 0.3) is 11.8 Å². The van der Waals surface area contributed by atoms with Gasteiger partial charge in [0.1, 0.15) is 5.70 Å². The molecular formula is C22H20Cl2N2O3. The number of nitrogens with zero attached hydrogens (tertiary/aromatic N) is 2. The van der Waals surface area contributed by atoms with Crippen molar-refractivity contribution < 1.29 is 14.3 Å². The van der Waals surface area contributed by atoms with Gasteiger partial charge < -0.3 is 9.64 Å². The monoisotopic (exact) mass is 430 g/mol. The topological polar surface area (TPSA) is 49.9 Å². The standard InChI is InChI=1S/C22H20Cl2N2O3/c1-13-6-7-15(14(2)12-13)18-20(25-8-10-29-11-9-25)22(28)26(21(18)27)17-5-3-4-16(23)19(17)24/h3-7,12H,8-11H2,1-2H3. The van der Waals surface area contributed by atoms with Gasteiger partial charge in [-0.25, -0.2) is 4.90 Å². The summed E-state index contributed by atoms with van der Waals surface area (Å²) in [5.74, 6) is -0.788. The fourth-order valence-electron chi connectivity index (χ4n) is 3.82. The molecule has 2 amide bonds. The molecule has 2 aromatic carbocycles. The average molecular weight is 431 g/mol. The van der Waals surface area contributed by atoms with Gasteiger partial charge in [0.05, 0.1) is 34.5 Å². The zero-order valence-corrected chi connectivity index (χ0v) is 17.7. The summed E-state index contributed by atoms with van der Waals surface area (Å²) in [4.78, 5) is 30.1. The second-order valence-electron chi connectivity index (χ2n) is 7.16. The average Bonchev–Trinajstić information content (AvgIpc) is 2.95. The van der Waals surface area contributed by atoms with Gasteiger partial charge in [-0.3, -0.25) is 9.59 Å². The van der Waals surface area contributed by atoms with Crippen LogP contribution < -0.4 is 4.90 Å². The molecule has 0 atom stereocenters. The van der Waals surface area contributed by atoms with Gasteiger partial charge in [-0.2, -0.15) is 0 Å². The largest absolute Gasteiger partial charge is 0.378 e. The highest BCUT2D eigenvalue weighted by atomic mass is 35.5. The third kappa shape index (κ3) is 3.44. The molecule has 0 N–H and O–H groups in total. The molecule has 0 aromatic heterocycles. The van der Waals surface area contributed by atoms with Crippen LogP contribution in [-0.4, -0.2) is 43.0 Å². The second-order valence-corrected chi connectivity index (χ2v) is 7.95. The number of anilines is 1. The SMILES string of the molecule is Cc1ccc(C2=C(N3CCOCC3)C(=O)N(c3cccc(Cl)c3Cl)C2=O)c(C)c1. The zero-order chi connectivity index (χ0) is 20.7. The summed E-state index contributed by atoms with van der Waals surface area (Å²) in [5, 5.41) is 0.469. The van der Waals surface area contributed by atoms with E-state index in [4.69, 9.17) is 27.9 Å². The summed E-state index contributed by atoms with van der Waals surface area (Å²) in [6.07, 6.45) is 0. The molecule has 0 aliphatic carbocycles. The number of ether oxygens (including phenoxy) is 1. The van der Waals surface area contributed by atoms with Crippen LogP contribution in [0.1, 0.15) is 16.7 Å². The first-order valence-electron chi connectivity index (χ1n) is 9.37. The van der Waals surface area contributed by atoms with Crippen LogP contribution in [0, 0.1) is 13.8 Å². The number of hydrogen-bond acceptors (Lipinski definition) is 4. The first-order chi connectivity index (χ1) is 13.9. The molecule has 0 spiro atoms. The number of aryl methyl sites for hydroxylation is 2. The van der Waals surface area contributed by atoms with E-state index in [1.807, 2.05) is 36.9 Å². The van der Waals surface area contributed by atoms with E-state index in [0.717, 1.165) is 21.6 Å². The fourth-order valence-corrected chi connectivity index (χ4v) is 4.20. The molecule has 2 aromatic rings. The van der Waals surface area contributed by atoms with Crippen molar-refractivity contribution in [1.82, 2.24) is 4.90 Å². The molecule has 2 aliphatic rings. The summed E-state index contributed by atoms with van der Waals surface area (Å²) in [6, 6.07) is 10.8. The number of halogens is 2. The lowest BCUT2D eigenvalue weighted by atomic mass is 9.97. The normalized spacial score (nSPS) is 17.5. The minimum Gasteiger partial charge on any atom is -0.378 e. The summed E-state index contributed by atoms with van der Waals surface area (Å²) in [5.41, 5.74) is 3.85. The van der Waals surface area contributed by atoms with Crippen LogP contribution in [0.15, 0.2) is 42.1 Å². The molecule has 0 saturated carbocycles. The number of rotatable bonds is 3. The molecule has 29 heavy (non-hydrogen) atoms. The van der Waals surface area contributed by atoms with Crippen LogP contribution in [0.5, 0.6) is 0 Å². The Labute approximate surface area is 179 Å². The van der Waals surface area contributed by atoms with Gasteiger partial charge in [-0.1, -0.05) is 53.0 Å². The van der Waals surface area contributed by atoms with Crippen molar-refractivity contribution in [1.29, 1.82) is 0 Å². The van der Waals surface area contributed by atoms with E-state index in [0.29, 0.717) is 43.3 Å². The van der Waals surface area contributed by atoms with Crippen LogP contribution in [-0.2, 0) is 14.3 Å². The van der Waals surface area contributed by atoms with Crippen LogP contribution >= 0.6 is 23.2 Å². The summed E-state index contributed by atoms with van der Waals surface area (Å²) in [6.45, 7) is 6.03. The molecule has 2 heterocycles. The Morgan fingerprint density at radius 3 is 2.38 bits per heavy atom. The van der Waals surface area contributed by atoms with Crippen molar-refractivity contribution in [2.24, 2.45) is 0 Å². The van der Waals surface area contributed by atoms with Crippen molar-refractivity contribution in [3.8, 4) is 0 Å². The molecule has 1 saturated heterocycles. The number of carbonyl (C=O) groups is 2. The second kappa shape index (κ2) is 7.82. The van der Waals surface area contributed by atoms with Crippen molar-refractivity contribution in [2.75, 3.05) is 31.2 Å². The van der Waals surface area contributed by atoms with Gasteiger partial charge in [0.15, 0.2) is 0 Å². The quantitative estimate of drug-likeness (QED) is 0.683. The molecule has 0 unspecified atom stereocenters. The highest BCUT2D eigenvalue weighted by Crippen LogP contribution is 2.40. The van der Waals surface area contributed by atoms with E-state index < -0.39 is 11.8 Å². The third-order valence-corrected chi connectivity index (χ3v) is 6.02. The maximum Gasteiger partial charge on any atom is 0.282 e. The van der Waals surface area contributed by atoms with Gasteiger partial charge in [-0.15, -0.1) is 0 Å². The molecule has 2 aliphatic heterocycles. The van der Waals surface area contributed by atoms with Crippen molar-refractivity contribution >= 4 is 46.3 Å². The Morgan fingerprint density at radius 2 is 1.69 bits per heavy atom. The predicted molar refractivity (Wildman–Crippen MR) is 114 cm³/mol. The Kier molecular flexibility index (Phi) is 5.38. The van der Waals surface area contributed by atoms with Crippen LogP contribution in [0.25, 0.3) is 5.57 Å². The van der Waals surface area contributed by atoms with Gasteiger partial charge in [0.2, 0.25) is 0 Å². The fraction of sp³-hybridized carbons (Fsp3) is 0.273. The molecule has 4 rings (SSSR count). The maximum atomic E-state index is 13.6. The van der Waals surface area contributed by atoms with E-state index in [1.165, 1.54) is 0 Å². The smallest absolute Gasteiger partial charge is 0.282 e. The first-order valence-corrected chi connectivity index (χ1v) is 10.1. The molecular weight excluding hydrogens is 411 g/mol. The highest BCUT2D eigenvalue weighted by Gasteiger charge is 2.44. The Morgan fingerprint density at radius 1 is 0.966 bits per heavy atom. The van der Waals surface area contributed by atoms with Crippen molar-refractivity contribution in [3.05, 3.63) is 68.8 Å². The lowest BCUT2D eigenvalue weighted by molar-refractivity contribution is -0.121. The van der Waals surface area contributed by atoms with Gasteiger partial charge in [0, 0.05) is 13.1 Å². The zero-order valence-electron chi connectivity index (χ0n) is 16.2. The minimum atomic E-state index is -0.396. The lowest BCUT2D eigenvalue weighted by Crippen LogP contribution is -2.40. The number of hydrogen-bond donors (Lipinski definition) is 0. The predicted octanol–water partition coefficient (Wildman–Crippen LogP) is 4.23. The Balaban J connectivity index is 1.89. The minimum absolute atomic E-state index is 0.180. The van der Waals surface area contributed by atoms with E-state index >= 15 is 0 Å². The third-order valence-electron chi connectivity index (χ3n) is 5.21. The molecule has 150 valence electrons. The van der Waals surface area contributed by atoms with E-state index in [9.17, 15) is 9.59 Å². The number of benzene rings is 2. The van der Waals surface area contributed by atoms with Crippen molar-refractivity contribution in [2.45, 2.75) is 13.8 Å². The Bertz CT molecular complexity index is 1040. The van der Waals surface area contributed by atoms with Crippen LogP contribution in [0.2, 0.25) is 10.0 Å². The lowest BCUT2D eigenvalue weighted by Gasteiger charge is -2.29. The van der Waals surface area contributed by atoms with Crippen LogP contribution in [0.4, 0.5) is 5.69 Å².